The molecule has 9 aromatic rings. The van der Waals surface area contributed by atoms with Crippen molar-refractivity contribution in [3.63, 3.8) is 0 Å². The van der Waals surface area contributed by atoms with Gasteiger partial charge in [0.15, 0.2) is 0 Å². The van der Waals surface area contributed by atoms with Gasteiger partial charge in [0.1, 0.15) is 17.5 Å². The Bertz CT molecular complexity index is 3550. The lowest BCUT2D eigenvalue weighted by Gasteiger charge is -2.17. The van der Waals surface area contributed by atoms with E-state index in [1.807, 2.05) is 111 Å². The van der Waals surface area contributed by atoms with Gasteiger partial charge in [-0.2, -0.15) is 0 Å². The van der Waals surface area contributed by atoms with E-state index in [-0.39, 0.29) is 0 Å². The molecule has 12 heteroatoms. The van der Waals surface area contributed by atoms with Crippen LogP contribution in [-0.4, -0.2) is 59.8 Å². The van der Waals surface area contributed by atoms with Crippen LogP contribution in [0.2, 0.25) is 0 Å². The Labute approximate surface area is 545 Å². The summed E-state index contributed by atoms with van der Waals surface area (Å²) in [5.74, 6) is 2.59. The monoisotopic (exact) mass is 1220 g/mol. The highest BCUT2D eigenvalue weighted by atomic mass is 14.9. The molecular weight excluding hydrogens is 1100 g/mol. The van der Waals surface area contributed by atoms with Crippen LogP contribution in [0.5, 0.6) is 0 Å². The van der Waals surface area contributed by atoms with Gasteiger partial charge in [-0.3, -0.25) is 29.9 Å². The van der Waals surface area contributed by atoms with E-state index in [0.29, 0.717) is 0 Å². The number of benzene rings is 1. The summed E-state index contributed by atoms with van der Waals surface area (Å²) in [6.45, 7) is 78.8. The normalized spacial score (nSPS) is 10.3. The van der Waals surface area contributed by atoms with Gasteiger partial charge in [0.25, 0.3) is 0 Å². The van der Waals surface area contributed by atoms with E-state index >= 15 is 0 Å². The van der Waals surface area contributed by atoms with Gasteiger partial charge in [0.2, 0.25) is 0 Å². The Balaban J connectivity index is 0.000000353. The molecular formula is C78H114N12. The van der Waals surface area contributed by atoms with Crippen molar-refractivity contribution in [2.75, 3.05) is 0 Å². The van der Waals surface area contributed by atoms with Crippen molar-refractivity contribution in [2.24, 2.45) is 0 Å². The van der Waals surface area contributed by atoms with Crippen LogP contribution in [0, 0.1) is 263 Å². The first-order valence-corrected chi connectivity index (χ1v) is 31.6. The predicted octanol–water partition coefficient (Wildman–Crippen LogP) is 19.1. The molecule has 0 aliphatic rings. The van der Waals surface area contributed by atoms with Gasteiger partial charge >= 0.3 is 0 Å². The summed E-state index contributed by atoms with van der Waals surface area (Å²) in [4.78, 5) is 52.1. The molecule has 0 spiro atoms. The van der Waals surface area contributed by atoms with Crippen LogP contribution < -0.4 is 0 Å². The molecule has 0 saturated heterocycles. The van der Waals surface area contributed by atoms with Gasteiger partial charge in [0, 0.05) is 79.4 Å². The first kappa shape index (κ1) is 78.5. The zero-order valence-corrected chi connectivity index (χ0v) is 63.4. The standard InChI is InChI=1S/C16H21N.3C10H15N.4C8H12N2/c1-8-9(2)13(6)16-15(11(8)4)12(5)10(3)14(7)17-16;3*1-6-7(2)9(4)11-10(5)8(6)3;1-5-6(2)10-8(4)7(3)9-5;3*1-5-6(2)9-8(4)10-7(5)3/h1-7H3;3*1-5H3;4*1-4H3. The Hall–Kier alpha value is -7.60. The van der Waals surface area contributed by atoms with Crippen molar-refractivity contribution < 1.29 is 0 Å². The lowest BCUT2D eigenvalue weighted by Crippen LogP contribution is -2.01. The molecule has 8 aromatic heterocycles. The van der Waals surface area contributed by atoms with Gasteiger partial charge in [-0.25, -0.2) is 29.9 Å². The van der Waals surface area contributed by atoms with E-state index < -0.39 is 0 Å². The Kier molecular flexibility index (Phi) is 29.7. The van der Waals surface area contributed by atoms with Crippen molar-refractivity contribution in [1.82, 2.24) is 59.8 Å². The van der Waals surface area contributed by atoms with E-state index in [0.717, 1.165) is 114 Å². The van der Waals surface area contributed by atoms with Gasteiger partial charge in [-0.15, -0.1) is 0 Å². The molecule has 0 unspecified atom stereocenters. The Morgan fingerprint density at radius 2 is 0.256 bits per heavy atom. The fourth-order valence-electron chi connectivity index (χ4n) is 9.98. The number of aryl methyl sites for hydroxylation is 23. The Morgan fingerprint density at radius 3 is 0.478 bits per heavy atom. The number of aromatic nitrogens is 12. The zero-order chi connectivity index (χ0) is 69.6. The minimum absolute atomic E-state index is 0.862. The first-order valence-electron chi connectivity index (χ1n) is 31.6. The molecule has 12 nitrogen and oxygen atoms in total. The maximum Gasteiger partial charge on any atom is 0.125 e. The van der Waals surface area contributed by atoms with Crippen molar-refractivity contribution in [3.05, 3.63) is 214 Å². The van der Waals surface area contributed by atoms with E-state index in [2.05, 4.69) is 207 Å². The molecule has 1 aromatic carbocycles. The molecule has 9 rings (SSSR count). The quantitative estimate of drug-likeness (QED) is 0.142. The van der Waals surface area contributed by atoms with Crippen molar-refractivity contribution in [2.45, 2.75) is 263 Å². The second-order valence-electron chi connectivity index (χ2n) is 24.9. The van der Waals surface area contributed by atoms with Gasteiger partial charge in [-0.1, -0.05) is 0 Å². The van der Waals surface area contributed by atoms with Crippen LogP contribution in [-0.2, 0) is 0 Å². The number of rotatable bonds is 0. The summed E-state index contributed by atoms with van der Waals surface area (Å²) >= 11 is 0. The van der Waals surface area contributed by atoms with Crippen LogP contribution in [0.3, 0.4) is 0 Å². The van der Waals surface area contributed by atoms with E-state index in [1.165, 1.54) is 111 Å². The van der Waals surface area contributed by atoms with Crippen molar-refractivity contribution >= 4 is 10.9 Å². The van der Waals surface area contributed by atoms with E-state index in [4.69, 9.17) is 4.98 Å². The third-order valence-corrected chi connectivity index (χ3v) is 19.0. The average Bonchev–Trinajstić information content (AvgIpc) is 0.779. The fraction of sp³-hybridized carbons (Fsp3) is 0.487. The molecule has 486 valence electrons. The van der Waals surface area contributed by atoms with E-state index in [9.17, 15) is 0 Å². The van der Waals surface area contributed by atoms with Crippen molar-refractivity contribution in [3.8, 4) is 0 Å². The minimum Gasteiger partial charge on any atom is -0.258 e. The molecule has 0 N–H and O–H groups in total. The molecule has 8 heterocycles. The minimum atomic E-state index is 0.862. The maximum absolute atomic E-state index is 4.80. The van der Waals surface area contributed by atoms with Crippen LogP contribution in [0.4, 0.5) is 0 Å². The first-order chi connectivity index (χ1) is 41.4. The zero-order valence-electron chi connectivity index (χ0n) is 63.4. The highest BCUT2D eigenvalue weighted by Gasteiger charge is 2.15. The summed E-state index contributed by atoms with van der Waals surface area (Å²) in [6, 6.07) is 0. The van der Waals surface area contributed by atoms with Crippen LogP contribution in [0.15, 0.2) is 0 Å². The number of hydrogen-bond donors (Lipinski definition) is 0. The number of nitrogens with zero attached hydrogens (tertiary/aromatic N) is 12. The SMILES string of the molecule is Cc1nc(C)c(C)c(C)c1C.Cc1nc(C)c(C)c(C)c1C.Cc1nc(C)c(C)c(C)c1C.Cc1nc(C)c(C)c(C)n1.Cc1nc(C)c(C)c(C)n1.Cc1nc(C)c(C)c(C)n1.Cc1nc(C)c(C)nc1C.Cc1nc2c(C)c(C)c(C)c(C)c2c(C)c1C. The fourth-order valence-corrected chi connectivity index (χ4v) is 9.98. The summed E-state index contributed by atoms with van der Waals surface area (Å²) in [6.07, 6.45) is 0. The predicted molar refractivity (Wildman–Crippen MR) is 383 cm³/mol. The second-order valence-corrected chi connectivity index (χ2v) is 24.9. The van der Waals surface area contributed by atoms with Crippen LogP contribution in [0.25, 0.3) is 10.9 Å². The van der Waals surface area contributed by atoms with Gasteiger partial charge in [-0.05, 0) is 363 Å². The van der Waals surface area contributed by atoms with Crippen molar-refractivity contribution in [1.29, 1.82) is 0 Å². The summed E-state index contributed by atoms with van der Waals surface area (Å²) in [5, 5.41) is 1.36. The second kappa shape index (κ2) is 34.0. The molecule has 0 aliphatic heterocycles. The molecule has 0 fully saturated rings. The summed E-state index contributed by atoms with van der Waals surface area (Å²) in [7, 11) is 0. The molecule has 0 amide bonds. The lowest BCUT2D eigenvalue weighted by atomic mass is 9.90. The largest absolute Gasteiger partial charge is 0.258 e. The lowest BCUT2D eigenvalue weighted by molar-refractivity contribution is 0.948. The third-order valence-electron chi connectivity index (χ3n) is 19.0. The average molecular weight is 1220 g/mol. The topological polar surface area (TPSA) is 155 Å². The van der Waals surface area contributed by atoms with Gasteiger partial charge < -0.3 is 0 Å². The number of hydrogen-bond acceptors (Lipinski definition) is 12. The molecule has 0 aliphatic carbocycles. The molecule has 0 saturated carbocycles. The number of pyridine rings is 4. The molecule has 90 heavy (non-hydrogen) atoms. The summed E-state index contributed by atoms with van der Waals surface area (Å²) < 4.78 is 0. The molecule has 0 bridgehead atoms. The molecule has 0 radical (unpaired) electrons. The summed E-state index contributed by atoms with van der Waals surface area (Å²) in [5.41, 5.74) is 43.9. The Morgan fingerprint density at radius 1 is 0.111 bits per heavy atom. The van der Waals surface area contributed by atoms with Crippen LogP contribution in [0.1, 0.15) is 214 Å². The third kappa shape index (κ3) is 20.7. The number of fused-ring (bicyclic) bond motifs is 1. The maximum atomic E-state index is 4.80. The van der Waals surface area contributed by atoms with Gasteiger partial charge in [0.05, 0.1) is 28.3 Å². The highest BCUT2D eigenvalue weighted by Crippen LogP contribution is 2.32. The van der Waals surface area contributed by atoms with E-state index in [1.54, 1.807) is 0 Å². The highest BCUT2D eigenvalue weighted by molar-refractivity contribution is 5.91. The molecule has 0 atom stereocenters. The van der Waals surface area contributed by atoms with Crippen LogP contribution >= 0.6 is 0 Å². The smallest absolute Gasteiger partial charge is 0.125 e.